The van der Waals surface area contributed by atoms with Crippen LogP contribution in [0.1, 0.15) is 0 Å². The van der Waals surface area contributed by atoms with Crippen LogP contribution in [0, 0.1) is 6.57 Å². The van der Waals surface area contributed by atoms with E-state index in [4.69, 9.17) is 23.8 Å². The van der Waals surface area contributed by atoms with Crippen LogP contribution in [0.4, 0.5) is 17.8 Å². The van der Waals surface area contributed by atoms with E-state index >= 15 is 0 Å². The summed E-state index contributed by atoms with van der Waals surface area (Å²) in [6, 6.07) is 0. The lowest BCUT2D eigenvalue weighted by molar-refractivity contribution is 0.835. The molecule has 0 spiro atoms. The van der Waals surface area contributed by atoms with Gasteiger partial charge in [0, 0.05) is 0 Å². The first-order valence-corrected chi connectivity index (χ1v) is 4.47. The highest BCUT2D eigenvalue weighted by Gasteiger charge is 2.18. The summed E-state index contributed by atoms with van der Waals surface area (Å²) in [7, 11) is 0. The molecule has 0 aliphatic carbocycles. The molecule has 2 aromatic heterocycles. The van der Waals surface area contributed by atoms with Crippen LogP contribution in [0.25, 0.3) is 10.6 Å². The number of hydrogen-bond donors (Lipinski definition) is 3. The molecule has 0 aliphatic heterocycles. The lowest BCUT2D eigenvalue weighted by atomic mass is 10.7. The van der Waals surface area contributed by atoms with Crippen LogP contribution >= 0.6 is 0 Å². The monoisotopic (exact) mass is 233 g/mol. The Hall–Kier alpha value is -2.80. The molecule has 2 rings (SSSR count). The highest BCUT2D eigenvalue weighted by Crippen LogP contribution is 2.08. The molecular formula is C7H9N10+. The molecule has 86 valence electrons. The molecule has 17 heavy (non-hydrogen) atoms. The summed E-state index contributed by atoms with van der Waals surface area (Å²) in [5, 5.41) is 0. The lowest BCUT2D eigenvalue weighted by Crippen LogP contribution is -2.25. The minimum absolute atomic E-state index is 0.00689. The van der Waals surface area contributed by atoms with E-state index in [1.54, 1.807) is 0 Å². The molecule has 0 atom stereocenters. The van der Waals surface area contributed by atoms with Gasteiger partial charge in [0.1, 0.15) is 6.57 Å². The van der Waals surface area contributed by atoms with Crippen molar-refractivity contribution in [2.24, 2.45) is 10.7 Å². The van der Waals surface area contributed by atoms with Gasteiger partial charge in [-0.15, -0.1) is 9.38 Å². The molecule has 0 bridgehead atoms. The van der Waals surface area contributed by atoms with E-state index in [-0.39, 0.29) is 35.9 Å². The molecule has 0 aliphatic rings. The first kappa shape index (κ1) is 10.7. The van der Waals surface area contributed by atoms with Crippen molar-refractivity contribution in [2.45, 2.75) is 0 Å². The van der Waals surface area contributed by atoms with E-state index in [9.17, 15) is 0 Å². The zero-order valence-corrected chi connectivity index (χ0v) is 8.65. The van der Waals surface area contributed by atoms with Gasteiger partial charge >= 0.3 is 23.3 Å². The van der Waals surface area contributed by atoms with Gasteiger partial charge in [-0.1, -0.05) is 0 Å². The van der Waals surface area contributed by atoms with Crippen LogP contribution in [-0.2, 0) is 0 Å². The highest BCUT2D eigenvalue weighted by atomic mass is 15.3. The van der Waals surface area contributed by atoms with Crippen LogP contribution in [0.5, 0.6) is 0 Å². The van der Waals surface area contributed by atoms with E-state index < -0.39 is 0 Å². The Bertz CT molecular complexity index is 672. The van der Waals surface area contributed by atoms with Crippen LogP contribution < -0.4 is 22.8 Å². The van der Waals surface area contributed by atoms with E-state index in [1.165, 1.54) is 4.40 Å². The average Bonchev–Trinajstić information content (AvgIpc) is 2.27. The second kappa shape index (κ2) is 3.99. The number of nitrogens with zero attached hydrogens (tertiary/aromatic N) is 7. The summed E-state index contributed by atoms with van der Waals surface area (Å²) in [5.74, 6) is 0.144. The van der Waals surface area contributed by atoms with Crippen LogP contribution in [0.2, 0.25) is 0 Å². The van der Waals surface area contributed by atoms with Gasteiger partial charge < -0.3 is 17.2 Å². The van der Waals surface area contributed by atoms with Crippen molar-refractivity contribution in [3.05, 3.63) is 10.5 Å². The van der Waals surface area contributed by atoms with E-state index in [1.807, 2.05) is 0 Å². The van der Waals surface area contributed by atoms with Crippen LogP contribution in [-0.4, -0.2) is 31.0 Å². The van der Waals surface area contributed by atoms with Gasteiger partial charge in [0.2, 0.25) is 5.95 Å². The zero-order chi connectivity index (χ0) is 12.4. The van der Waals surface area contributed by atoms with Gasteiger partial charge in [0.25, 0.3) is 0 Å². The second-order valence-corrected chi connectivity index (χ2v) is 2.87. The Kier molecular flexibility index (Phi) is 2.51. The standard InChI is InChI=1S/C7H9N10/c1-11-5-13-3(9)15-7-16-4(10)14-6(12-2-8)17(5)7/h1H,2,8H2,(H4,9,10,12,14,15,16)/q+1. The van der Waals surface area contributed by atoms with Gasteiger partial charge in [0.15, 0.2) is 0 Å². The Morgan fingerprint density at radius 2 is 1.82 bits per heavy atom. The third-order valence-corrected chi connectivity index (χ3v) is 1.81. The molecule has 0 aromatic carbocycles. The van der Waals surface area contributed by atoms with E-state index in [2.05, 4.69) is 29.8 Å². The summed E-state index contributed by atoms with van der Waals surface area (Å²) in [4.78, 5) is 22.8. The van der Waals surface area contributed by atoms with Crippen molar-refractivity contribution in [1.29, 1.82) is 0 Å². The van der Waals surface area contributed by atoms with Gasteiger partial charge in [0.05, 0.1) is 6.67 Å². The molecular weight excluding hydrogens is 224 g/mol. The smallest absolute Gasteiger partial charge is 0.368 e. The zero-order valence-electron chi connectivity index (χ0n) is 8.65. The first-order chi connectivity index (χ1) is 8.15. The van der Waals surface area contributed by atoms with E-state index in [0.29, 0.717) is 0 Å². The van der Waals surface area contributed by atoms with Crippen LogP contribution in [0.3, 0.4) is 0 Å². The largest absolute Gasteiger partial charge is 0.509 e. The molecule has 0 amide bonds. The fourth-order valence-corrected chi connectivity index (χ4v) is 1.23. The number of rotatable bonds is 1. The quantitative estimate of drug-likeness (QED) is 0.520. The summed E-state index contributed by atoms with van der Waals surface area (Å²) in [6.07, 6.45) is 0. The lowest BCUT2D eigenvalue weighted by Gasteiger charge is -1.96. The maximum absolute atomic E-state index is 5.50. The number of anilines is 2. The Morgan fingerprint density at radius 3 is 2.41 bits per heavy atom. The predicted molar refractivity (Wildman–Crippen MR) is 60.0 cm³/mol. The number of nitrogens with two attached hydrogens (primary N) is 3. The van der Waals surface area contributed by atoms with Crippen molar-refractivity contribution < 1.29 is 0 Å². The number of hydrogen-bond acceptors (Lipinski definition) is 8. The van der Waals surface area contributed by atoms with Gasteiger partial charge in [-0.05, 0) is 4.98 Å². The summed E-state index contributed by atoms with van der Waals surface area (Å²) >= 11 is 0. The van der Waals surface area contributed by atoms with Crippen molar-refractivity contribution in [1.82, 2.24) is 24.3 Å². The molecule has 10 nitrogen and oxygen atoms in total. The second-order valence-electron chi connectivity index (χ2n) is 2.87. The number of aromatic nitrogens is 5. The normalized spacial score (nSPS) is 11.6. The number of nitrogen functional groups attached to an aromatic ring is 2. The Labute approximate surface area is 94.7 Å². The predicted octanol–water partition coefficient (Wildman–Crippen LogP) is -1.91. The molecule has 0 radical (unpaired) electrons. The Morgan fingerprint density at radius 1 is 1.18 bits per heavy atom. The summed E-state index contributed by atoms with van der Waals surface area (Å²) in [5.41, 5.74) is 16.4. The Balaban J connectivity index is 3.01. The summed E-state index contributed by atoms with van der Waals surface area (Å²) < 4.78 is 1.29. The van der Waals surface area contributed by atoms with Crippen molar-refractivity contribution in [2.75, 3.05) is 18.1 Å². The average molecular weight is 233 g/mol. The minimum Gasteiger partial charge on any atom is -0.368 e. The fourth-order valence-electron chi connectivity index (χ4n) is 1.23. The first-order valence-electron chi connectivity index (χ1n) is 4.47. The molecule has 2 aromatic rings. The maximum atomic E-state index is 5.50. The molecule has 6 N–H and O–H groups in total. The van der Waals surface area contributed by atoms with E-state index in [0.717, 1.165) is 0 Å². The topological polar surface area (TPSA) is 151 Å². The molecule has 0 fully saturated rings. The van der Waals surface area contributed by atoms with Gasteiger partial charge in [-0.3, -0.25) is 0 Å². The molecule has 2 heterocycles. The maximum Gasteiger partial charge on any atom is 0.509 e. The third kappa shape index (κ3) is 1.82. The van der Waals surface area contributed by atoms with Crippen molar-refractivity contribution >= 4 is 23.6 Å². The third-order valence-electron chi connectivity index (χ3n) is 1.81. The SMILES string of the molecule is C#[N+]c1nc(N)nc2nc(N)nc(=NCN)n12. The molecule has 0 unspecified atom stereocenters. The van der Waals surface area contributed by atoms with Gasteiger partial charge in [-0.2, -0.15) is 14.8 Å². The summed E-state index contributed by atoms with van der Waals surface area (Å²) in [6.45, 7) is 5.19. The van der Waals surface area contributed by atoms with Crippen molar-refractivity contribution in [3.63, 3.8) is 0 Å². The van der Waals surface area contributed by atoms with Gasteiger partial charge in [-0.25, -0.2) is 4.99 Å². The molecule has 0 saturated heterocycles. The van der Waals surface area contributed by atoms with Crippen molar-refractivity contribution in [3.8, 4) is 6.57 Å². The highest BCUT2D eigenvalue weighted by molar-refractivity contribution is 5.45. The molecule has 0 saturated carbocycles. The van der Waals surface area contributed by atoms with Crippen LogP contribution in [0.15, 0.2) is 4.99 Å². The fraction of sp³-hybridized carbons (Fsp3) is 0.143. The number of fused-ring (bicyclic) bond motifs is 1. The molecule has 10 heteroatoms. The minimum atomic E-state index is -0.0361.